The number of aliphatic hydroxyl groups is 1. The van der Waals surface area contributed by atoms with Crippen LogP contribution in [0, 0.1) is 0 Å². The number of ether oxygens (including phenoxy) is 2. The maximum atomic E-state index is 11.1. The lowest BCUT2D eigenvalue weighted by Gasteiger charge is -2.10. The van der Waals surface area contributed by atoms with E-state index in [1.54, 1.807) is 0 Å². The van der Waals surface area contributed by atoms with Gasteiger partial charge in [-0.05, 0) is 77.0 Å². The summed E-state index contributed by atoms with van der Waals surface area (Å²) in [6.07, 6.45) is 44.2. The van der Waals surface area contributed by atoms with E-state index in [4.69, 9.17) is 0 Å². The van der Waals surface area contributed by atoms with E-state index in [9.17, 15) is 14.7 Å². The molecule has 0 rings (SSSR count). The molecule has 0 amide bonds. The van der Waals surface area contributed by atoms with Crippen LogP contribution in [0.1, 0.15) is 193 Å². The Morgan fingerprint density at radius 1 is 0.432 bits per heavy atom. The van der Waals surface area contributed by atoms with Gasteiger partial charge in [-0.15, -0.1) is 0 Å². The van der Waals surface area contributed by atoms with Crippen LogP contribution in [-0.2, 0) is 19.1 Å². The van der Waals surface area contributed by atoms with Gasteiger partial charge in [0, 0.05) is 12.8 Å². The summed E-state index contributed by atoms with van der Waals surface area (Å²) in [5.74, 6) is -0.174. The fourth-order valence-corrected chi connectivity index (χ4v) is 5.64. The maximum Gasteiger partial charge on any atom is 0.305 e. The number of hydrogen-bond donors (Lipinski definition) is 1. The van der Waals surface area contributed by atoms with Crippen LogP contribution in [-0.4, -0.2) is 37.4 Å². The summed E-state index contributed by atoms with van der Waals surface area (Å²) in [5, 5.41) is 10.3. The number of unbranched alkanes of at least 4 members (excludes halogenated alkanes) is 22. The summed E-state index contributed by atoms with van der Waals surface area (Å²) in [4.78, 5) is 22.1. The smallest absolute Gasteiger partial charge is 0.305 e. The molecule has 0 unspecified atom stereocenters. The summed E-state index contributed by atoms with van der Waals surface area (Å²) in [6, 6.07) is 0. The van der Waals surface area contributed by atoms with Crippen LogP contribution >= 0.6 is 0 Å². The second kappa shape index (κ2) is 35.9. The molecule has 0 spiro atoms. The van der Waals surface area contributed by atoms with Crippen molar-refractivity contribution in [3.63, 3.8) is 0 Å². The molecule has 44 heavy (non-hydrogen) atoms. The summed E-state index contributed by atoms with van der Waals surface area (Å²) < 4.78 is 9.33. The zero-order valence-corrected chi connectivity index (χ0v) is 29.2. The molecule has 0 aromatic rings. The van der Waals surface area contributed by atoms with Crippen molar-refractivity contribution in [2.75, 3.05) is 14.2 Å². The zero-order chi connectivity index (χ0) is 32.2. The fourth-order valence-electron chi connectivity index (χ4n) is 5.64. The third-order valence-corrected chi connectivity index (χ3v) is 8.61. The van der Waals surface area contributed by atoms with E-state index < -0.39 is 0 Å². The normalized spacial score (nSPS) is 11.7. The van der Waals surface area contributed by atoms with Crippen molar-refractivity contribution < 1.29 is 24.2 Å². The largest absolute Gasteiger partial charge is 0.469 e. The van der Waals surface area contributed by atoms with Gasteiger partial charge in [0.2, 0.25) is 0 Å². The second-order valence-electron chi connectivity index (χ2n) is 12.8. The minimum Gasteiger partial charge on any atom is -0.469 e. The molecule has 0 heterocycles. The van der Waals surface area contributed by atoms with Crippen molar-refractivity contribution in [3.05, 3.63) is 24.3 Å². The standard InChI is InChI=1S/C39H72O5/c1-43-38(41)35-31-27-23-19-15-11-7-3-5-9-13-17-21-25-29-33-37(40)34-30-26-22-18-14-10-6-4-8-12-16-20-24-28-32-36-39(42)44-2/h3-4,7-8,37,40H,5-6,9-36H2,1-2H3/b7-3-,8-4-. The molecule has 0 fully saturated rings. The number of esters is 2. The molecule has 0 radical (unpaired) electrons. The Kier molecular flexibility index (Phi) is 34.5. The van der Waals surface area contributed by atoms with E-state index in [0.29, 0.717) is 12.8 Å². The van der Waals surface area contributed by atoms with Crippen molar-refractivity contribution in [1.82, 2.24) is 0 Å². The highest BCUT2D eigenvalue weighted by molar-refractivity contribution is 5.69. The highest BCUT2D eigenvalue weighted by Crippen LogP contribution is 2.15. The lowest BCUT2D eigenvalue weighted by molar-refractivity contribution is -0.141. The summed E-state index contributed by atoms with van der Waals surface area (Å²) in [6.45, 7) is 0. The molecular formula is C39H72O5. The average molecular weight is 621 g/mol. The van der Waals surface area contributed by atoms with Crippen LogP contribution in [0.5, 0.6) is 0 Å². The Morgan fingerprint density at radius 3 is 0.977 bits per heavy atom. The minimum atomic E-state index is -0.0926. The second-order valence-corrected chi connectivity index (χ2v) is 12.8. The minimum absolute atomic E-state index is 0.0871. The molecule has 5 heteroatoms. The first kappa shape index (κ1) is 42.4. The SMILES string of the molecule is COC(=O)CCCCCCC/C=C\CCCCCCCCC(O)CCCCCCCC/C=C\CCCCCCCC(=O)OC. The lowest BCUT2D eigenvalue weighted by atomic mass is 10.0. The average Bonchev–Trinajstić information content (AvgIpc) is 3.03. The first-order chi connectivity index (χ1) is 21.6. The van der Waals surface area contributed by atoms with Gasteiger partial charge in [0.05, 0.1) is 20.3 Å². The zero-order valence-electron chi connectivity index (χ0n) is 29.2. The quantitative estimate of drug-likeness (QED) is 0.0440. The van der Waals surface area contributed by atoms with Crippen molar-refractivity contribution in [1.29, 1.82) is 0 Å². The van der Waals surface area contributed by atoms with Gasteiger partial charge in [-0.1, -0.05) is 127 Å². The Bertz CT molecular complexity index is 615. The van der Waals surface area contributed by atoms with Gasteiger partial charge in [0.15, 0.2) is 0 Å². The predicted octanol–water partition coefficient (Wildman–Crippen LogP) is 11.5. The molecule has 258 valence electrons. The Labute approximate surface area is 273 Å². The highest BCUT2D eigenvalue weighted by Gasteiger charge is 2.04. The summed E-state index contributed by atoms with van der Waals surface area (Å²) in [7, 11) is 2.92. The molecule has 0 atom stereocenters. The van der Waals surface area contributed by atoms with Gasteiger partial charge in [0.1, 0.15) is 0 Å². The van der Waals surface area contributed by atoms with Gasteiger partial charge in [-0.3, -0.25) is 9.59 Å². The van der Waals surface area contributed by atoms with Gasteiger partial charge in [-0.25, -0.2) is 0 Å². The Hall–Kier alpha value is -1.62. The van der Waals surface area contributed by atoms with E-state index in [1.807, 2.05) is 0 Å². The fraction of sp³-hybridized carbons (Fsp3) is 0.846. The topological polar surface area (TPSA) is 72.8 Å². The van der Waals surface area contributed by atoms with Crippen LogP contribution in [0.25, 0.3) is 0 Å². The molecule has 0 aliphatic carbocycles. The number of carbonyl (C=O) groups is 2. The Morgan fingerprint density at radius 2 is 0.682 bits per heavy atom. The third-order valence-electron chi connectivity index (χ3n) is 8.61. The summed E-state index contributed by atoms with van der Waals surface area (Å²) in [5.41, 5.74) is 0. The van der Waals surface area contributed by atoms with Crippen LogP contribution in [0.4, 0.5) is 0 Å². The van der Waals surface area contributed by atoms with E-state index >= 15 is 0 Å². The number of allylic oxidation sites excluding steroid dienone is 4. The van der Waals surface area contributed by atoms with Crippen LogP contribution < -0.4 is 0 Å². The maximum absolute atomic E-state index is 11.1. The third kappa shape index (κ3) is 34.9. The predicted molar refractivity (Wildman–Crippen MR) is 187 cm³/mol. The van der Waals surface area contributed by atoms with E-state index in [0.717, 1.165) is 38.5 Å². The number of aliphatic hydroxyl groups excluding tert-OH is 1. The van der Waals surface area contributed by atoms with Gasteiger partial charge >= 0.3 is 11.9 Å². The van der Waals surface area contributed by atoms with Crippen molar-refractivity contribution in [2.45, 2.75) is 199 Å². The molecule has 0 bridgehead atoms. The molecule has 1 N–H and O–H groups in total. The highest BCUT2D eigenvalue weighted by atomic mass is 16.5. The molecule has 0 saturated carbocycles. The van der Waals surface area contributed by atoms with Crippen molar-refractivity contribution in [2.24, 2.45) is 0 Å². The molecule has 0 aromatic heterocycles. The monoisotopic (exact) mass is 621 g/mol. The molecule has 0 aliphatic rings. The first-order valence-electron chi connectivity index (χ1n) is 18.7. The lowest BCUT2D eigenvalue weighted by Crippen LogP contribution is -2.05. The van der Waals surface area contributed by atoms with Gasteiger partial charge in [0.25, 0.3) is 0 Å². The van der Waals surface area contributed by atoms with Crippen LogP contribution in [0.3, 0.4) is 0 Å². The molecular weight excluding hydrogens is 548 g/mol. The van der Waals surface area contributed by atoms with Crippen molar-refractivity contribution >= 4 is 11.9 Å². The first-order valence-corrected chi connectivity index (χ1v) is 18.7. The van der Waals surface area contributed by atoms with E-state index in [1.165, 1.54) is 155 Å². The molecule has 0 saturated heterocycles. The summed E-state index contributed by atoms with van der Waals surface area (Å²) >= 11 is 0. The van der Waals surface area contributed by atoms with Gasteiger partial charge in [-0.2, -0.15) is 0 Å². The van der Waals surface area contributed by atoms with Crippen molar-refractivity contribution in [3.8, 4) is 0 Å². The Balaban J connectivity index is 3.26. The number of hydrogen-bond acceptors (Lipinski definition) is 5. The number of carbonyl (C=O) groups excluding carboxylic acids is 2. The van der Waals surface area contributed by atoms with Crippen LogP contribution in [0.15, 0.2) is 24.3 Å². The van der Waals surface area contributed by atoms with Gasteiger partial charge < -0.3 is 14.6 Å². The number of methoxy groups -OCH3 is 2. The molecule has 0 aromatic carbocycles. The molecule has 5 nitrogen and oxygen atoms in total. The van der Waals surface area contributed by atoms with E-state index in [-0.39, 0.29) is 18.0 Å². The van der Waals surface area contributed by atoms with Crippen LogP contribution in [0.2, 0.25) is 0 Å². The molecule has 0 aliphatic heterocycles. The van der Waals surface area contributed by atoms with E-state index in [2.05, 4.69) is 33.8 Å². The number of rotatable bonds is 34.